The van der Waals surface area contributed by atoms with E-state index in [4.69, 9.17) is 10.7 Å². The molecule has 2 aliphatic carbocycles. The van der Waals surface area contributed by atoms with Crippen LogP contribution in [0.2, 0.25) is 0 Å². The number of thiazole rings is 1. The Bertz CT molecular complexity index is 426. The molecule has 0 aliphatic heterocycles. The number of aryl methyl sites for hydroxylation is 1. The number of hydrogen-bond acceptors (Lipinski definition) is 3. The fourth-order valence-electron chi connectivity index (χ4n) is 3.29. The van der Waals surface area contributed by atoms with Gasteiger partial charge in [-0.3, -0.25) is 0 Å². The maximum Gasteiger partial charge on any atom is 0.0962 e. The van der Waals surface area contributed by atoms with Crippen LogP contribution in [-0.2, 0) is 6.42 Å². The van der Waals surface area contributed by atoms with Crippen LogP contribution in [0.1, 0.15) is 79.9 Å². The summed E-state index contributed by atoms with van der Waals surface area (Å²) in [5.41, 5.74) is 7.95. The molecule has 1 unspecified atom stereocenters. The minimum absolute atomic E-state index is 0.207. The monoisotopic (exact) mass is 264 g/mol. The van der Waals surface area contributed by atoms with Crippen LogP contribution < -0.4 is 5.73 Å². The molecule has 3 heteroatoms. The van der Waals surface area contributed by atoms with Gasteiger partial charge >= 0.3 is 0 Å². The molecule has 1 aromatic heterocycles. The SMILES string of the molecule is CC1(C)CCC(c2nc3c(s2)CCCC3N)CC1. The zero-order valence-corrected chi connectivity index (χ0v) is 12.4. The number of fused-ring (bicyclic) bond motifs is 1. The predicted octanol–water partition coefficient (Wildman–Crippen LogP) is 4.16. The van der Waals surface area contributed by atoms with Gasteiger partial charge in [0.1, 0.15) is 0 Å². The van der Waals surface area contributed by atoms with E-state index in [1.54, 1.807) is 0 Å². The van der Waals surface area contributed by atoms with Crippen LogP contribution in [0.3, 0.4) is 0 Å². The summed E-state index contributed by atoms with van der Waals surface area (Å²) in [7, 11) is 0. The standard InChI is InChI=1S/C15H24N2S/c1-15(2)8-6-10(7-9-15)14-17-13-11(16)4-3-5-12(13)18-14/h10-11H,3-9,16H2,1-2H3. The third kappa shape index (κ3) is 2.35. The molecule has 0 aromatic carbocycles. The first-order chi connectivity index (χ1) is 8.55. The Kier molecular flexibility index (Phi) is 3.23. The number of rotatable bonds is 1. The number of nitrogens with zero attached hydrogens (tertiary/aromatic N) is 1. The molecule has 3 rings (SSSR count). The van der Waals surface area contributed by atoms with Crippen molar-refractivity contribution in [1.82, 2.24) is 4.98 Å². The second-order valence-electron chi connectivity index (χ2n) is 6.80. The summed E-state index contributed by atoms with van der Waals surface area (Å²) in [6, 6.07) is 0.207. The van der Waals surface area contributed by atoms with Crippen molar-refractivity contribution in [2.45, 2.75) is 70.8 Å². The average Bonchev–Trinajstić information content (AvgIpc) is 2.74. The Morgan fingerprint density at radius 2 is 1.94 bits per heavy atom. The molecule has 1 heterocycles. The van der Waals surface area contributed by atoms with Gasteiger partial charge in [-0.25, -0.2) is 4.98 Å². The van der Waals surface area contributed by atoms with Gasteiger partial charge in [-0.05, 0) is 50.4 Å². The van der Waals surface area contributed by atoms with Crippen LogP contribution in [0.15, 0.2) is 0 Å². The van der Waals surface area contributed by atoms with Crippen molar-refractivity contribution in [3.8, 4) is 0 Å². The zero-order valence-electron chi connectivity index (χ0n) is 11.5. The Balaban J connectivity index is 1.78. The molecule has 100 valence electrons. The van der Waals surface area contributed by atoms with Gasteiger partial charge in [0.2, 0.25) is 0 Å². The smallest absolute Gasteiger partial charge is 0.0962 e. The predicted molar refractivity (Wildman–Crippen MR) is 77.0 cm³/mol. The van der Waals surface area contributed by atoms with Gasteiger partial charge in [0, 0.05) is 16.8 Å². The van der Waals surface area contributed by atoms with Crippen molar-refractivity contribution >= 4 is 11.3 Å². The molecule has 1 fully saturated rings. The molecule has 0 radical (unpaired) electrons. The number of hydrogen-bond donors (Lipinski definition) is 1. The minimum atomic E-state index is 0.207. The van der Waals surface area contributed by atoms with E-state index in [1.165, 1.54) is 54.1 Å². The normalized spacial score (nSPS) is 28.1. The highest BCUT2D eigenvalue weighted by Gasteiger charge is 2.31. The lowest BCUT2D eigenvalue weighted by Crippen LogP contribution is -2.20. The molecular formula is C15H24N2S. The van der Waals surface area contributed by atoms with E-state index in [0.29, 0.717) is 11.3 Å². The highest BCUT2D eigenvalue weighted by Crippen LogP contribution is 2.44. The van der Waals surface area contributed by atoms with Crippen LogP contribution in [0.5, 0.6) is 0 Å². The summed E-state index contributed by atoms with van der Waals surface area (Å²) >= 11 is 1.95. The Morgan fingerprint density at radius 1 is 1.22 bits per heavy atom. The van der Waals surface area contributed by atoms with Crippen molar-refractivity contribution in [3.05, 3.63) is 15.6 Å². The van der Waals surface area contributed by atoms with E-state index in [-0.39, 0.29) is 6.04 Å². The highest BCUT2D eigenvalue weighted by atomic mass is 32.1. The van der Waals surface area contributed by atoms with Crippen molar-refractivity contribution in [2.24, 2.45) is 11.1 Å². The molecule has 1 atom stereocenters. The van der Waals surface area contributed by atoms with E-state index in [2.05, 4.69) is 13.8 Å². The summed E-state index contributed by atoms with van der Waals surface area (Å²) in [4.78, 5) is 6.38. The summed E-state index contributed by atoms with van der Waals surface area (Å²) in [5, 5.41) is 1.38. The molecule has 0 saturated heterocycles. The Morgan fingerprint density at radius 3 is 2.61 bits per heavy atom. The molecule has 2 nitrogen and oxygen atoms in total. The quantitative estimate of drug-likeness (QED) is 0.827. The molecule has 0 amide bonds. The van der Waals surface area contributed by atoms with Crippen molar-refractivity contribution in [2.75, 3.05) is 0 Å². The fourth-order valence-corrected chi connectivity index (χ4v) is 4.64. The minimum Gasteiger partial charge on any atom is -0.323 e. The molecule has 1 saturated carbocycles. The van der Waals surface area contributed by atoms with Gasteiger partial charge in [0.15, 0.2) is 0 Å². The highest BCUT2D eigenvalue weighted by molar-refractivity contribution is 7.11. The first kappa shape index (κ1) is 12.6. The zero-order chi connectivity index (χ0) is 12.8. The fraction of sp³-hybridized carbons (Fsp3) is 0.800. The number of aromatic nitrogens is 1. The largest absolute Gasteiger partial charge is 0.323 e. The van der Waals surface area contributed by atoms with Gasteiger partial charge in [-0.1, -0.05) is 13.8 Å². The van der Waals surface area contributed by atoms with Crippen molar-refractivity contribution in [3.63, 3.8) is 0 Å². The molecule has 18 heavy (non-hydrogen) atoms. The molecule has 2 aliphatic rings. The first-order valence-corrected chi connectivity index (χ1v) is 8.12. The van der Waals surface area contributed by atoms with Crippen LogP contribution in [0, 0.1) is 5.41 Å². The van der Waals surface area contributed by atoms with Gasteiger partial charge < -0.3 is 5.73 Å². The molecule has 2 N–H and O–H groups in total. The number of nitrogens with two attached hydrogens (primary N) is 1. The maximum absolute atomic E-state index is 6.18. The summed E-state index contributed by atoms with van der Waals surface area (Å²) in [6.45, 7) is 4.79. The van der Waals surface area contributed by atoms with Crippen LogP contribution in [0.4, 0.5) is 0 Å². The van der Waals surface area contributed by atoms with E-state index in [0.717, 1.165) is 6.42 Å². The maximum atomic E-state index is 6.18. The summed E-state index contributed by atoms with van der Waals surface area (Å²) in [5.74, 6) is 0.709. The van der Waals surface area contributed by atoms with Gasteiger partial charge in [0.25, 0.3) is 0 Å². The molecule has 0 bridgehead atoms. The topological polar surface area (TPSA) is 38.9 Å². The Hall–Kier alpha value is -0.410. The van der Waals surface area contributed by atoms with E-state index in [9.17, 15) is 0 Å². The van der Waals surface area contributed by atoms with Crippen molar-refractivity contribution < 1.29 is 0 Å². The van der Waals surface area contributed by atoms with E-state index >= 15 is 0 Å². The van der Waals surface area contributed by atoms with Crippen LogP contribution >= 0.6 is 11.3 Å². The second-order valence-corrected chi connectivity index (χ2v) is 7.91. The Labute approximate surface area is 114 Å². The lowest BCUT2D eigenvalue weighted by molar-refractivity contribution is 0.224. The summed E-state index contributed by atoms with van der Waals surface area (Å²) in [6.07, 6.45) is 8.88. The van der Waals surface area contributed by atoms with E-state index < -0.39 is 0 Å². The third-order valence-electron chi connectivity index (χ3n) is 4.70. The van der Waals surface area contributed by atoms with Gasteiger partial charge in [-0.2, -0.15) is 0 Å². The molecule has 1 aromatic rings. The molecular weight excluding hydrogens is 240 g/mol. The lowest BCUT2D eigenvalue weighted by Gasteiger charge is -2.33. The second kappa shape index (κ2) is 4.61. The van der Waals surface area contributed by atoms with Gasteiger partial charge in [-0.15, -0.1) is 11.3 Å². The lowest BCUT2D eigenvalue weighted by atomic mass is 9.73. The molecule has 0 spiro atoms. The average molecular weight is 264 g/mol. The van der Waals surface area contributed by atoms with E-state index in [1.807, 2.05) is 11.3 Å². The third-order valence-corrected chi connectivity index (χ3v) is 6.00. The van der Waals surface area contributed by atoms with Crippen LogP contribution in [-0.4, -0.2) is 4.98 Å². The summed E-state index contributed by atoms with van der Waals surface area (Å²) < 4.78 is 0. The van der Waals surface area contributed by atoms with Gasteiger partial charge in [0.05, 0.1) is 10.7 Å². The van der Waals surface area contributed by atoms with Crippen LogP contribution in [0.25, 0.3) is 0 Å². The first-order valence-electron chi connectivity index (χ1n) is 7.30. The van der Waals surface area contributed by atoms with Crippen molar-refractivity contribution in [1.29, 1.82) is 0 Å².